The van der Waals surface area contributed by atoms with E-state index in [4.69, 9.17) is 0 Å². The summed E-state index contributed by atoms with van der Waals surface area (Å²) < 4.78 is 0. The van der Waals surface area contributed by atoms with Gasteiger partial charge in [0.2, 0.25) is 0 Å². The molecule has 0 aliphatic carbocycles. The van der Waals surface area contributed by atoms with Gasteiger partial charge in [0.1, 0.15) is 0 Å². The highest BCUT2D eigenvalue weighted by Crippen LogP contribution is 2.11. The minimum atomic E-state index is 0.0606. The van der Waals surface area contributed by atoms with Crippen molar-refractivity contribution in [3.05, 3.63) is 42.6 Å². The standard InChI is InChI=1S/C13H17NO/c1-11(2)13(15)9-10-14(3)12-7-5-4-6-8-12/h4-11H,1-3H3. The summed E-state index contributed by atoms with van der Waals surface area (Å²) >= 11 is 0. The van der Waals surface area contributed by atoms with Gasteiger partial charge in [0.25, 0.3) is 0 Å². The average Bonchev–Trinajstić information content (AvgIpc) is 2.26. The number of carbonyl (C=O) groups excluding carboxylic acids is 1. The lowest BCUT2D eigenvalue weighted by atomic mass is 10.1. The molecule has 0 heterocycles. The van der Waals surface area contributed by atoms with Gasteiger partial charge in [-0.3, -0.25) is 4.79 Å². The maximum Gasteiger partial charge on any atom is 0.159 e. The quantitative estimate of drug-likeness (QED) is 0.701. The van der Waals surface area contributed by atoms with Crippen molar-refractivity contribution in [2.75, 3.05) is 11.9 Å². The molecule has 0 saturated carbocycles. The molecule has 80 valence electrons. The predicted molar refractivity (Wildman–Crippen MR) is 63.8 cm³/mol. The first kappa shape index (κ1) is 11.5. The number of benzene rings is 1. The van der Waals surface area contributed by atoms with Crippen molar-refractivity contribution in [1.29, 1.82) is 0 Å². The van der Waals surface area contributed by atoms with Crippen molar-refractivity contribution in [3.8, 4) is 0 Å². The summed E-state index contributed by atoms with van der Waals surface area (Å²) in [6.45, 7) is 3.80. The molecule has 1 rings (SSSR count). The van der Waals surface area contributed by atoms with Crippen LogP contribution in [0.2, 0.25) is 0 Å². The molecule has 0 atom stereocenters. The number of rotatable bonds is 4. The smallest absolute Gasteiger partial charge is 0.159 e. The van der Waals surface area contributed by atoms with Crippen LogP contribution in [0.1, 0.15) is 13.8 Å². The lowest BCUT2D eigenvalue weighted by molar-refractivity contribution is -0.117. The van der Waals surface area contributed by atoms with Gasteiger partial charge in [-0.2, -0.15) is 0 Å². The maximum absolute atomic E-state index is 11.4. The van der Waals surface area contributed by atoms with Gasteiger partial charge < -0.3 is 4.90 Å². The molecule has 0 amide bonds. The molecule has 2 heteroatoms. The second-order valence-corrected chi connectivity index (χ2v) is 3.82. The van der Waals surface area contributed by atoms with Gasteiger partial charge in [-0.05, 0) is 18.2 Å². The third kappa shape index (κ3) is 3.58. The molecule has 1 aromatic carbocycles. The molecule has 0 radical (unpaired) electrons. The fourth-order valence-corrected chi connectivity index (χ4v) is 1.13. The first-order chi connectivity index (χ1) is 7.11. The van der Waals surface area contributed by atoms with Crippen LogP contribution in [-0.2, 0) is 4.79 Å². The summed E-state index contributed by atoms with van der Waals surface area (Å²) in [7, 11) is 1.93. The van der Waals surface area contributed by atoms with Crippen molar-refractivity contribution in [2.24, 2.45) is 5.92 Å². The van der Waals surface area contributed by atoms with Gasteiger partial charge in [-0.15, -0.1) is 0 Å². The van der Waals surface area contributed by atoms with E-state index in [9.17, 15) is 4.79 Å². The minimum absolute atomic E-state index is 0.0606. The number of anilines is 1. The van der Waals surface area contributed by atoms with Crippen LogP contribution >= 0.6 is 0 Å². The second kappa shape index (κ2) is 5.35. The highest BCUT2D eigenvalue weighted by atomic mass is 16.1. The first-order valence-corrected chi connectivity index (χ1v) is 5.11. The van der Waals surface area contributed by atoms with E-state index in [1.54, 1.807) is 12.3 Å². The van der Waals surface area contributed by atoms with Gasteiger partial charge in [-0.1, -0.05) is 32.0 Å². The van der Waals surface area contributed by atoms with E-state index in [-0.39, 0.29) is 11.7 Å². The van der Waals surface area contributed by atoms with Gasteiger partial charge >= 0.3 is 0 Å². The summed E-state index contributed by atoms with van der Waals surface area (Å²) in [5.74, 6) is 0.211. The van der Waals surface area contributed by atoms with Crippen molar-refractivity contribution in [2.45, 2.75) is 13.8 Å². The second-order valence-electron chi connectivity index (χ2n) is 3.82. The number of para-hydroxylation sites is 1. The van der Waals surface area contributed by atoms with Crippen LogP contribution < -0.4 is 4.90 Å². The molecule has 0 aliphatic heterocycles. The molecule has 0 aromatic heterocycles. The molecular weight excluding hydrogens is 186 g/mol. The molecule has 0 bridgehead atoms. The summed E-state index contributed by atoms with van der Waals surface area (Å²) in [6, 6.07) is 9.93. The lowest BCUT2D eigenvalue weighted by Crippen LogP contribution is -2.10. The molecule has 0 fully saturated rings. The molecule has 2 nitrogen and oxygen atoms in total. The van der Waals surface area contributed by atoms with E-state index in [2.05, 4.69) is 0 Å². The third-order valence-electron chi connectivity index (χ3n) is 2.19. The number of carbonyl (C=O) groups is 1. The van der Waals surface area contributed by atoms with Crippen LogP contribution in [0.3, 0.4) is 0 Å². The van der Waals surface area contributed by atoms with Gasteiger partial charge in [0.05, 0.1) is 0 Å². The Kier molecular flexibility index (Phi) is 4.10. The lowest BCUT2D eigenvalue weighted by Gasteiger charge is -2.13. The molecule has 0 aliphatic rings. The van der Waals surface area contributed by atoms with Crippen LogP contribution in [0.5, 0.6) is 0 Å². The maximum atomic E-state index is 11.4. The fraction of sp³-hybridized carbons (Fsp3) is 0.308. The van der Waals surface area contributed by atoms with Crippen molar-refractivity contribution >= 4 is 11.5 Å². The normalized spacial score (nSPS) is 10.9. The van der Waals surface area contributed by atoms with Crippen molar-refractivity contribution in [3.63, 3.8) is 0 Å². The van der Waals surface area contributed by atoms with Crippen LogP contribution in [-0.4, -0.2) is 12.8 Å². The Morgan fingerprint density at radius 3 is 2.40 bits per heavy atom. The van der Waals surface area contributed by atoms with E-state index in [0.29, 0.717) is 0 Å². The Morgan fingerprint density at radius 2 is 1.87 bits per heavy atom. The Balaban J connectivity index is 2.64. The number of allylic oxidation sites excluding steroid dienone is 1. The Bertz CT molecular complexity index is 341. The predicted octanol–water partition coefficient (Wildman–Crippen LogP) is 2.86. The topological polar surface area (TPSA) is 20.3 Å². The van der Waals surface area contributed by atoms with E-state index in [1.807, 2.05) is 56.1 Å². The van der Waals surface area contributed by atoms with Crippen LogP contribution in [0.25, 0.3) is 0 Å². The summed E-state index contributed by atoms with van der Waals surface area (Å²) in [4.78, 5) is 13.3. The molecule has 0 unspecified atom stereocenters. The monoisotopic (exact) mass is 203 g/mol. The molecule has 1 aromatic rings. The molecule has 15 heavy (non-hydrogen) atoms. The number of ketones is 1. The third-order valence-corrected chi connectivity index (χ3v) is 2.19. The van der Waals surface area contributed by atoms with Crippen LogP contribution in [0, 0.1) is 5.92 Å². The van der Waals surface area contributed by atoms with Crippen molar-refractivity contribution < 1.29 is 4.79 Å². The number of hydrogen-bond donors (Lipinski definition) is 0. The summed E-state index contributed by atoms with van der Waals surface area (Å²) in [5, 5.41) is 0. The van der Waals surface area contributed by atoms with Crippen LogP contribution in [0.15, 0.2) is 42.6 Å². The Labute approximate surface area is 91.2 Å². The molecule has 0 spiro atoms. The average molecular weight is 203 g/mol. The van der Waals surface area contributed by atoms with Crippen molar-refractivity contribution in [1.82, 2.24) is 0 Å². The molecule has 0 N–H and O–H groups in total. The SMILES string of the molecule is CC(C)C(=O)C=CN(C)c1ccccc1. The largest absolute Gasteiger partial charge is 0.351 e. The first-order valence-electron chi connectivity index (χ1n) is 5.11. The summed E-state index contributed by atoms with van der Waals surface area (Å²) in [5.41, 5.74) is 1.07. The van der Waals surface area contributed by atoms with E-state index >= 15 is 0 Å². The highest BCUT2D eigenvalue weighted by Gasteiger charge is 2.02. The highest BCUT2D eigenvalue weighted by molar-refractivity contribution is 5.91. The van der Waals surface area contributed by atoms with Gasteiger partial charge in [0, 0.05) is 24.9 Å². The zero-order valence-electron chi connectivity index (χ0n) is 9.47. The summed E-state index contributed by atoms with van der Waals surface area (Å²) in [6.07, 6.45) is 3.43. The number of hydrogen-bond acceptors (Lipinski definition) is 2. The Hall–Kier alpha value is -1.57. The zero-order chi connectivity index (χ0) is 11.3. The van der Waals surface area contributed by atoms with E-state index < -0.39 is 0 Å². The molecule has 0 saturated heterocycles. The Morgan fingerprint density at radius 1 is 1.27 bits per heavy atom. The fourth-order valence-electron chi connectivity index (χ4n) is 1.13. The van der Waals surface area contributed by atoms with E-state index in [0.717, 1.165) is 5.69 Å². The molecular formula is C13H17NO. The van der Waals surface area contributed by atoms with Gasteiger partial charge in [-0.25, -0.2) is 0 Å². The van der Waals surface area contributed by atoms with Crippen LogP contribution in [0.4, 0.5) is 5.69 Å². The zero-order valence-corrected chi connectivity index (χ0v) is 9.47. The van der Waals surface area contributed by atoms with Gasteiger partial charge in [0.15, 0.2) is 5.78 Å². The van der Waals surface area contributed by atoms with E-state index in [1.165, 1.54) is 0 Å². The minimum Gasteiger partial charge on any atom is -0.351 e. The number of nitrogens with zero attached hydrogens (tertiary/aromatic N) is 1.